The molecule has 3 N–H and O–H groups in total. The lowest BCUT2D eigenvalue weighted by Crippen LogP contribution is -2.15. The van der Waals surface area contributed by atoms with Crippen molar-refractivity contribution < 1.29 is 13.9 Å². The van der Waals surface area contributed by atoms with Crippen LogP contribution in [-0.2, 0) is 4.79 Å². The van der Waals surface area contributed by atoms with Crippen LogP contribution < -0.4 is 15.8 Å². The van der Waals surface area contributed by atoms with Gasteiger partial charge in [-0.2, -0.15) is 0 Å². The first kappa shape index (κ1) is 15.1. The lowest BCUT2D eigenvalue weighted by atomic mass is 10.3. The summed E-state index contributed by atoms with van der Waals surface area (Å²) in [6, 6.07) is 11.1. The van der Waals surface area contributed by atoms with Crippen molar-refractivity contribution in [2.75, 3.05) is 17.7 Å². The molecule has 4 nitrogen and oxygen atoms in total. The molecule has 0 aliphatic rings. The van der Waals surface area contributed by atoms with Gasteiger partial charge in [-0.25, -0.2) is 4.39 Å². The van der Waals surface area contributed by atoms with Crippen LogP contribution in [0.5, 0.6) is 5.75 Å². The Balaban J connectivity index is 1.82. The summed E-state index contributed by atoms with van der Waals surface area (Å²) in [6.07, 6.45) is 0.124. The number of nitrogens with two attached hydrogens (primary N) is 1. The quantitative estimate of drug-likeness (QED) is 0.831. The van der Waals surface area contributed by atoms with Crippen molar-refractivity contribution >= 4 is 28.9 Å². The number of anilines is 2. The number of hydrogen-bond acceptors (Lipinski definition) is 3. The number of para-hydroxylation sites is 2. The molecule has 2 aromatic carbocycles. The van der Waals surface area contributed by atoms with E-state index in [1.165, 1.54) is 12.1 Å². The summed E-state index contributed by atoms with van der Waals surface area (Å²) >= 11 is 5.56. The van der Waals surface area contributed by atoms with Gasteiger partial charge in [0.2, 0.25) is 5.91 Å². The predicted molar refractivity (Wildman–Crippen MR) is 81.0 cm³/mol. The summed E-state index contributed by atoms with van der Waals surface area (Å²) in [5, 5.41) is 2.57. The van der Waals surface area contributed by atoms with E-state index in [0.717, 1.165) is 6.07 Å². The molecule has 2 rings (SSSR count). The second kappa shape index (κ2) is 6.95. The zero-order valence-electron chi connectivity index (χ0n) is 11.1. The van der Waals surface area contributed by atoms with Gasteiger partial charge in [0, 0.05) is 5.69 Å². The average Bonchev–Trinajstić information content (AvgIpc) is 2.45. The molecule has 0 radical (unpaired) electrons. The molecule has 1 amide bonds. The smallest absolute Gasteiger partial charge is 0.227 e. The SMILES string of the molecule is Nc1ccccc1OCCC(=O)Nc1ccc(Cl)c(F)c1. The van der Waals surface area contributed by atoms with Crippen LogP contribution in [0.4, 0.5) is 15.8 Å². The maximum absolute atomic E-state index is 13.2. The molecule has 0 spiro atoms. The largest absolute Gasteiger partial charge is 0.491 e. The maximum atomic E-state index is 13.2. The van der Waals surface area contributed by atoms with Gasteiger partial charge in [-0.3, -0.25) is 4.79 Å². The van der Waals surface area contributed by atoms with Crippen molar-refractivity contribution in [1.82, 2.24) is 0 Å². The minimum absolute atomic E-state index is 0.0101. The lowest BCUT2D eigenvalue weighted by molar-refractivity contribution is -0.116. The summed E-state index contributed by atoms with van der Waals surface area (Å²) in [6.45, 7) is 0.177. The number of nitrogen functional groups attached to an aromatic ring is 1. The van der Waals surface area contributed by atoms with Crippen molar-refractivity contribution in [3.63, 3.8) is 0 Å². The highest BCUT2D eigenvalue weighted by Crippen LogP contribution is 2.20. The number of halogens is 2. The van der Waals surface area contributed by atoms with Crippen LogP contribution in [0.25, 0.3) is 0 Å². The van der Waals surface area contributed by atoms with E-state index >= 15 is 0 Å². The fourth-order valence-electron chi connectivity index (χ4n) is 1.66. The number of nitrogens with one attached hydrogen (secondary N) is 1. The molecule has 0 atom stereocenters. The topological polar surface area (TPSA) is 64.3 Å². The fourth-order valence-corrected chi connectivity index (χ4v) is 1.78. The van der Waals surface area contributed by atoms with E-state index in [1.54, 1.807) is 24.3 Å². The van der Waals surface area contributed by atoms with Crippen molar-refractivity contribution in [2.45, 2.75) is 6.42 Å². The van der Waals surface area contributed by atoms with Crippen molar-refractivity contribution in [1.29, 1.82) is 0 Å². The van der Waals surface area contributed by atoms with Gasteiger partial charge in [-0.15, -0.1) is 0 Å². The highest BCUT2D eigenvalue weighted by molar-refractivity contribution is 6.30. The zero-order valence-corrected chi connectivity index (χ0v) is 11.9. The first-order valence-corrected chi connectivity index (χ1v) is 6.66. The molecule has 0 fully saturated rings. The van der Waals surface area contributed by atoms with Crippen molar-refractivity contribution in [3.8, 4) is 5.75 Å². The number of benzene rings is 2. The Labute approximate surface area is 126 Å². The molecule has 0 aliphatic heterocycles. The molecule has 21 heavy (non-hydrogen) atoms. The van der Waals surface area contributed by atoms with Gasteiger partial charge in [-0.1, -0.05) is 23.7 Å². The molecular formula is C15H14ClFN2O2. The number of rotatable bonds is 5. The van der Waals surface area contributed by atoms with E-state index in [2.05, 4.69) is 5.32 Å². The third-order valence-corrected chi connectivity index (χ3v) is 3.02. The lowest BCUT2D eigenvalue weighted by Gasteiger charge is -2.09. The second-order valence-electron chi connectivity index (χ2n) is 4.31. The van der Waals surface area contributed by atoms with Crippen LogP contribution in [0.15, 0.2) is 42.5 Å². The number of hydrogen-bond donors (Lipinski definition) is 2. The highest BCUT2D eigenvalue weighted by atomic mass is 35.5. The van der Waals surface area contributed by atoms with Crippen molar-refractivity contribution in [3.05, 3.63) is 53.3 Å². The van der Waals surface area contributed by atoms with Gasteiger partial charge in [0.15, 0.2) is 0 Å². The van der Waals surface area contributed by atoms with Gasteiger partial charge in [0.1, 0.15) is 11.6 Å². The van der Waals surface area contributed by atoms with E-state index in [-0.39, 0.29) is 24.0 Å². The van der Waals surface area contributed by atoms with Crippen molar-refractivity contribution in [2.24, 2.45) is 0 Å². The molecule has 2 aromatic rings. The first-order valence-electron chi connectivity index (χ1n) is 6.28. The van der Waals surface area contributed by atoms with Crippen LogP contribution >= 0.6 is 11.6 Å². The third kappa shape index (κ3) is 4.36. The molecule has 0 aliphatic carbocycles. The number of amides is 1. The minimum Gasteiger partial charge on any atom is -0.491 e. The van der Waals surface area contributed by atoms with E-state index in [4.69, 9.17) is 22.1 Å². The Kier molecular flexibility index (Phi) is 5.00. The van der Waals surface area contributed by atoms with Crippen LogP contribution in [0, 0.1) is 5.82 Å². The molecule has 0 bridgehead atoms. The summed E-state index contributed by atoms with van der Waals surface area (Å²) in [5.41, 5.74) is 6.57. The van der Waals surface area contributed by atoms with Gasteiger partial charge >= 0.3 is 0 Å². The van der Waals surface area contributed by atoms with Gasteiger partial charge in [0.05, 0.1) is 23.7 Å². The zero-order chi connectivity index (χ0) is 15.2. The molecule has 0 saturated heterocycles. The summed E-state index contributed by atoms with van der Waals surface area (Å²) in [5.74, 6) is -0.336. The molecule has 0 unspecified atom stereocenters. The second-order valence-corrected chi connectivity index (χ2v) is 4.72. The first-order chi connectivity index (χ1) is 10.1. The number of carbonyl (C=O) groups is 1. The molecule has 110 valence electrons. The number of carbonyl (C=O) groups excluding carboxylic acids is 1. The Bertz CT molecular complexity index is 649. The number of ether oxygens (including phenoxy) is 1. The average molecular weight is 309 g/mol. The van der Waals surface area contributed by atoms with E-state index in [9.17, 15) is 9.18 Å². The Morgan fingerprint density at radius 2 is 2.05 bits per heavy atom. The molecule has 0 heterocycles. The Hall–Kier alpha value is -2.27. The third-order valence-electron chi connectivity index (χ3n) is 2.71. The summed E-state index contributed by atoms with van der Waals surface area (Å²) in [4.78, 5) is 11.7. The normalized spacial score (nSPS) is 10.2. The van der Waals surface area contributed by atoms with Crippen LogP contribution in [0.2, 0.25) is 5.02 Å². The van der Waals surface area contributed by atoms with E-state index < -0.39 is 5.82 Å². The minimum atomic E-state index is -0.581. The Morgan fingerprint density at radius 3 is 2.76 bits per heavy atom. The molecule has 6 heteroatoms. The molecule has 0 aromatic heterocycles. The summed E-state index contributed by atoms with van der Waals surface area (Å²) < 4.78 is 18.6. The van der Waals surface area contributed by atoms with E-state index in [0.29, 0.717) is 17.1 Å². The van der Waals surface area contributed by atoms with Gasteiger partial charge in [0.25, 0.3) is 0 Å². The van der Waals surface area contributed by atoms with Crippen LogP contribution in [0.1, 0.15) is 6.42 Å². The monoisotopic (exact) mass is 308 g/mol. The molecule has 0 saturated carbocycles. The predicted octanol–water partition coefficient (Wildman–Crippen LogP) is 3.47. The van der Waals surface area contributed by atoms with Crippen LogP contribution in [0.3, 0.4) is 0 Å². The van der Waals surface area contributed by atoms with Crippen LogP contribution in [-0.4, -0.2) is 12.5 Å². The van der Waals surface area contributed by atoms with Gasteiger partial charge in [-0.05, 0) is 30.3 Å². The standard InChI is InChI=1S/C15H14ClFN2O2/c16-11-6-5-10(9-12(11)17)19-15(20)7-8-21-14-4-2-1-3-13(14)18/h1-6,9H,7-8,18H2,(H,19,20). The highest BCUT2D eigenvalue weighted by Gasteiger charge is 2.06. The fraction of sp³-hybridized carbons (Fsp3) is 0.133. The summed E-state index contributed by atoms with van der Waals surface area (Å²) in [7, 11) is 0. The molecular weight excluding hydrogens is 295 g/mol. The van der Waals surface area contributed by atoms with Gasteiger partial charge < -0.3 is 15.8 Å². The van der Waals surface area contributed by atoms with E-state index in [1.807, 2.05) is 0 Å². The Morgan fingerprint density at radius 1 is 1.29 bits per heavy atom. The maximum Gasteiger partial charge on any atom is 0.227 e.